The fourth-order valence-corrected chi connectivity index (χ4v) is 1.48. The van der Waals surface area contributed by atoms with Gasteiger partial charge in [0.05, 0.1) is 17.7 Å². The minimum atomic E-state index is -0.554. The van der Waals surface area contributed by atoms with Gasteiger partial charge in [-0.05, 0) is 6.42 Å². The second kappa shape index (κ2) is 7.83. The summed E-state index contributed by atoms with van der Waals surface area (Å²) < 4.78 is 5.21. The lowest BCUT2D eigenvalue weighted by molar-refractivity contribution is -0.384. The number of carbonyl (C=O) groups excluding carboxylic acids is 1. The number of nitrogens with one attached hydrogen (secondary N) is 2. The summed E-state index contributed by atoms with van der Waals surface area (Å²) in [5.74, 6) is -0.358. The van der Waals surface area contributed by atoms with Gasteiger partial charge in [-0.25, -0.2) is 0 Å². The molecule has 8 heteroatoms. The lowest BCUT2D eigenvalue weighted by Gasteiger charge is -2.03. The Labute approximate surface area is 112 Å². The highest BCUT2D eigenvalue weighted by Crippen LogP contribution is 2.11. The Morgan fingerprint density at radius 3 is 2.94 bits per heavy atom. The van der Waals surface area contributed by atoms with Crippen molar-refractivity contribution in [1.82, 2.24) is 10.3 Å². The van der Waals surface area contributed by atoms with E-state index in [9.17, 15) is 14.9 Å². The molecular weight excluding hydrogens is 306 g/mol. The monoisotopic (exact) mass is 319 g/mol. The third-order valence-electron chi connectivity index (χ3n) is 2.10. The lowest BCUT2D eigenvalue weighted by atomic mass is 10.3. The van der Waals surface area contributed by atoms with Crippen molar-refractivity contribution in [2.45, 2.75) is 6.42 Å². The molecule has 0 fully saturated rings. The van der Waals surface area contributed by atoms with E-state index in [2.05, 4.69) is 26.2 Å². The van der Waals surface area contributed by atoms with Crippen LogP contribution in [0.3, 0.4) is 0 Å². The molecule has 1 rings (SSSR count). The molecule has 0 aliphatic heterocycles. The molecule has 2 N–H and O–H groups in total. The number of ether oxygens (including phenoxy) is 1. The highest BCUT2D eigenvalue weighted by molar-refractivity contribution is 9.09. The van der Waals surface area contributed by atoms with Gasteiger partial charge in [-0.1, -0.05) is 15.9 Å². The molecule has 1 aromatic rings. The normalized spacial score (nSPS) is 10.3. The van der Waals surface area contributed by atoms with Crippen LogP contribution >= 0.6 is 15.9 Å². The average molecular weight is 320 g/mol. The van der Waals surface area contributed by atoms with Crippen LogP contribution < -0.4 is 5.32 Å². The summed E-state index contributed by atoms with van der Waals surface area (Å²) in [6.07, 6.45) is 1.88. The van der Waals surface area contributed by atoms with E-state index in [0.717, 1.165) is 5.33 Å². The summed E-state index contributed by atoms with van der Waals surface area (Å²) in [5.41, 5.74) is 0.0591. The lowest BCUT2D eigenvalue weighted by Crippen LogP contribution is -2.25. The summed E-state index contributed by atoms with van der Waals surface area (Å²) in [4.78, 5) is 24.0. The first-order valence-corrected chi connectivity index (χ1v) is 6.52. The molecule has 0 aliphatic rings. The van der Waals surface area contributed by atoms with E-state index in [4.69, 9.17) is 4.74 Å². The molecule has 0 spiro atoms. The third kappa shape index (κ3) is 4.84. The van der Waals surface area contributed by atoms with Crippen molar-refractivity contribution in [3.8, 4) is 0 Å². The van der Waals surface area contributed by atoms with Gasteiger partial charge in [-0.3, -0.25) is 14.9 Å². The number of nitro groups is 1. The summed E-state index contributed by atoms with van der Waals surface area (Å²) in [6, 6.07) is 1.21. The Kier molecular flexibility index (Phi) is 6.37. The van der Waals surface area contributed by atoms with Crippen molar-refractivity contribution in [3.63, 3.8) is 0 Å². The van der Waals surface area contributed by atoms with Crippen molar-refractivity contribution in [2.75, 3.05) is 25.1 Å². The predicted molar refractivity (Wildman–Crippen MR) is 69.0 cm³/mol. The number of carbonyl (C=O) groups is 1. The molecule has 0 aliphatic carbocycles. The number of H-pyrrole nitrogens is 1. The molecule has 0 saturated heterocycles. The number of hydrogen-bond donors (Lipinski definition) is 2. The highest BCUT2D eigenvalue weighted by Gasteiger charge is 2.13. The second-order valence-corrected chi connectivity index (χ2v) is 4.23. The van der Waals surface area contributed by atoms with Crippen LogP contribution in [0.15, 0.2) is 12.3 Å². The van der Waals surface area contributed by atoms with E-state index in [1.54, 1.807) is 0 Å². The van der Waals surface area contributed by atoms with E-state index in [1.807, 2.05) is 0 Å². The van der Waals surface area contributed by atoms with Crippen LogP contribution in [0, 0.1) is 10.1 Å². The molecular formula is C10H14BrN3O4. The maximum atomic E-state index is 11.6. The molecule has 100 valence electrons. The first-order valence-electron chi connectivity index (χ1n) is 5.40. The van der Waals surface area contributed by atoms with E-state index >= 15 is 0 Å². The van der Waals surface area contributed by atoms with Gasteiger partial charge in [0.15, 0.2) is 0 Å². The van der Waals surface area contributed by atoms with Gasteiger partial charge < -0.3 is 15.0 Å². The summed E-state index contributed by atoms with van der Waals surface area (Å²) in [6.45, 7) is 1.67. The zero-order chi connectivity index (χ0) is 13.4. The number of nitrogens with zero attached hydrogens (tertiary/aromatic N) is 1. The summed E-state index contributed by atoms with van der Waals surface area (Å²) >= 11 is 3.23. The molecule has 1 heterocycles. The standard InChI is InChI=1S/C10H14BrN3O4/c11-2-5-18-4-1-3-12-10(15)9-6-8(7-13-9)14(16)17/h6-7,13H,1-5H2,(H,12,15). The zero-order valence-electron chi connectivity index (χ0n) is 9.65. The van der Waals surface area contributed by atoms with Gasteiger partial charge in [-0.15, -0.1) is 0 Å². The molecule has 0 saturated carbocycles. The zero-order valence-corrected chi connectivity index (χ0v) is 11.2. The van der Waals surface area contributed by atoms with Gasteiger partial charge >= 0.3 is 0 Å². The maximum absolute atomic E-state index is 11.6. The number of aromatic amines is 1. The topological polar surface area (TPSA) is 97.3 Å². The Morgan fingerprint density at radius 2 is 2.33 bits per heavy atom. The average Bonchev–Trinajstić information content (AvgIpc) is 2.83. The van der Waals surface area contributed by atoms with Crippen molar-refractivity contribution in [2.24, 2.45) is 0 Å². The highest BCUT2D eigenvalue weighted by atomic mass is 79.9. The molecule has 0 aromatic carbocycles. The summed E-state index contributed by atoms with van der Waals surface area (Å²) in [7, 11) is 0. The second-order valence-electron chi connectivity index (χ2n) is 3.44. The molecule has 1 amide bonds. The molecule has 0 radical (unpaired) electrons. The Hall–Kier alpha value is -1.41. The van der Waals surface area contributed by atoms with Crippen LogP contribution in [0.4, 0.5) is 5.69 Å². The Bertz CT molecular complexity index is 408. The van der Waals surface area contributed by atoms with Crippen LogP contribution in [0.25, 0.3) is 0 Å². The van der Waals surface area contributed by atoms with Crippen molar-refractivity contribution in [3.05, 3.63) is 28.1 Å². The van der Waals surface area contributed by atoms with Gasteiger partial charge in [0.25, 0.3) is 11.6 Å². The van der Waals surface area contributed by atoms with E-state index in [0.29, 0.717) is 26.2 Å². The van der Waals surface area contributed by atoms with Crippen molar-refractivity contribution < 1.29 is 14.5 Å². The van der Waals surface area contributed by atoms with E-state index < -0.39 is 4.92 Å². The maximum Gasteiger partial charge on any atom is 0.287 e. The molecule has 0 atom stereocenters. The third-order valence-corrected chi connectivity index (χ3v) is 2.42. The van der Waals surface area contributed by atoms with Crippen LogP contribution in [0.1, 0.15) is 16.9 Å². The fraction of sp³-hybridized carbons (Fsp3) is 0.500. The van der Waals surface area contributed by atoms with Gasteiger partial charge in [0.2, 0.25) is 0 Å². The Morgan fingerprint density at radius 1 is 1.56 bits per heavy atom. The number of rotatable bonds is 8. The predicted octanol–water partition coefficient (Wildman–Crippen LogP) is 1.45. The van der Waals surface area contributed by atoms with Gasteiger partial charge in [0, 0.05) is 24.5 Å². The SMILES string of the molecule is O=C(NCCCOCCBr)c1cc([N+](=O)[O-])c[nH]1. The minimum Gasteiger partial charge on any atom is -0.381 e. The first-order chi connectivity index (χ1) is 8.65. The molecule has 0 unspecified atom stereocenters. The van der Waals surface area contributed by atoms with Gasteiger partial charge in [-0.2, -0.15) is 0 Å². The molecule has 1 aromatic heterocycles. The number of alkyl halides is 1. The molecule has 0 bridgehead atoms. The van der Waals surface area contributed by atoms with Crippen LogP contribution in [0.2, 0.25) is 0 Å². The van der Waals surface area contributed by atoms with Crippen LogP contribution in [-0.2, 0) is 4.74 Å². The molecule has 18 heavy (non-hydrogen) atoms. The number of halogens is 1. The smallest absolute Gasteiger partial charge is 0.287 e. The minimum absolute atomic E-state index is 0.124. The van der Waals surface area contributed by atoms with E-state index in [-0.39, 0.29) is 17.3 Å². The van der Waals surface area contributed by atoms with E-state index in [1.165, 1.54) is 12.3 Å². The van der Waals surface area contributed by atoms with Crippen LogP contribution in [0.5, 0.6) is 0 Å². The summed E-state index contributed by atoms with van der Waals surface area (Å²) in [5, 5.41) is 13.9. The largest absolute Gasteiger partial charge is 0.381 e. The number of aromatic nitrogens is 1. The number of amides is 1. The number of hydrogen-bond acceptors (Lipinski definition) is 4. The fourth-order valence-electron chi connectivity index (χ4n) is 1.25. The van der Waals surface area contributed by atoms with Crippen molar-refractivity contribution in [1.29, 1.82) is 0 Å². The Balaban J connectivity index is 2.25. The van der Waals surface area contributed by atoms with Gasteiger partial charge in [0.1, 0.15) is 5.69 Å². The van der Waals surface area contributed by atoms with Crippen LogP contribution in [-0.4, -0.2) is 40.9 Å². The first kappa shape index (κ1) is 14.7. The van der Waals surface area contributed by atoms with Crippen molar-refractivity contribution >= 4 is 27.5 Å². The quantitative estimate of drug-likeness (QED) is 0.328. The molecule has 7 nitrogen and oxygen atoms in total.